The van der Waals surface area contributed by atoms with E-state index in [1.807, 2.05) is 44.7 Å². The van der Waals surface area contributed by atoms with Crippen LogP contribution in [0.3, 0.4) is 0 Å². The fourth-order valence-corrected chi connectivity index (χ4v) is 6.90. The molecule has 2 aliphatic rings. The van der Waals surface area contributed by atoms with Gasteiger partial charge in [0, 0.05) is 42.7 Å². The molecule has 0 saturated carbocycles. The van der Waals surface area contributed by atoms with Crippen molar-refractivity contribution in [3.63, 3.8) is 0 Å². The van der Waals surface area contributed by atoms with Gasteiger partial charge >= 0.3 is 0 Å². The number of amides is 1. The van der Waals surface area contributed by atoms with E-state index in [4.69, 9.17) is 28.2 Å². The monoisotopic (exact) mass is 603 g/mol. The van der Waals surface area contributed by atoms with Crippen molar-refractivity contribution in [2.75, 3.05) is 18.0 Å². The topological polar surface area (TPSA) is 91.6 Å². The molecule has 42 heavy (non-hydrogen) atoms. The quantitative estimate of drug-likeness (QED) is 0.286. The predicted molar refractivity (Wildman–Crippen MR) is 167 cm³/mol. The molecule has 1 aromatic carbocycles. The molecule has 1 amide bonds. The number of carbonyl (C=O) groups excluding carboxylic acids is 1. The van der Waals surface area contributed by atoms with Crippen LogP contribution in [0.2, 0.25) is 10.0 Å². The molecule has 2 aliphatic heterocycles. The zero-order chi connectivity index (χ0) is 30.0. The van der Waals surface area contributed by atoms with E-state index in [-0.39, 0.29) is 45.9 Å². The van der Waals surface area contributed by atoms with Crippen LogP contribution in [0, 0.1) is 6.92 Å². The van der Waals surface area contributed by atoms with Gasteiger partial charge in [0.15, 0.2) is 0 Å². The number of carbonyl (C=O) groups is 1. The van der Waals surface area contributed by atoms with E-state index in [2.05, 4.69) is 16.5 Å². The van der Waals surface area contributed by atoms with Crippen LogP contribution in [0.4, 0.5) is 5.69 Å². The van der Waals surface area contributed by atoms with Crippen molar-refractivity contribution in [3.05, 3.63) is 86.4 Å². The number of benzene rings is 1. The summed E-state index contributed by atoms with van der Waals surface area (Å²) in [7, 11) is 0. The van der Waals surface area contributed by atoms with Crippen LogP contribution in [-0.4, -0.2) is 55.6 Å². The standard InChI is InChI=1S/C32H31Cl2N5O3/c1-6-25(41)37-15-19-12-21-30(38(19)14-18(37)5)20-13-23(34)28(26-22(33)8-7-9-24(26)40)36-31(20)39(32(21)42)29-17(4)10-11-35-27(29)16(2)3/h6-11,13,16,18-19,40H,1,12,14-15H2,2-5H3. The second-order valence-corrected chi connectivity index (χ2v) is 12.2. The van der Waals surface area contributed by atoms with E-state index in [9.17, 15) is 14.7 Å². The molecule has 8 nitrogen and oxygen atoms in total. The van der Waals surface area contributed by atoms with E-state index >= 15 is 0 Å². The Morgan fingerprint density at radius 2 is 1.93 bits per heavy atom. The third-order valence-corrected chi connectivity index (χ3v) is 8.95. The van der Waals surface area contributed by atoms with Gasteiger partial charge in [0.1, 0.15) is 11.4 Å². The summed E-state index contributed by atoms with van der Waals surface area (Å²) < 4.78 is 1.65. The molecular formula is C32H31Cl2N5O3. The van der Waals surface area contributed by atoms with E-state index in [0.29, 0.717) is 52.4 Å². The van der Waals surface area contributed by atoms with Crippen LogP contribution in [0.25, 0.3) is 28.0 Å². The molecule has 0 spiro atoms. The van der Waals surface area contributed by atoms with Crippen molar-refractivity contribution in [1.82, 2.24) is 19.4 Å². The molecule has 1 saturated heterocycles. The van der Waals surface area contributed by atoms with E-state index in [1.54, 1.807) is 22.9 Å². The van der Waals surface area contributed by atoms with Gasteiger partial charge in [-0.3, -0.25) is 19.1 Å². The lowest BCUT2D eigenvalue weighted by molar-refractivity contribution is -0.128. The van der Waals surface area contributed by atoms with Crippen molar-refractivity contribution in [3.8, 4) is 22.7 Å². The third-order valence-electron chi connectivity index (χ3n) is 8.35. The maximum Gasteiger partial charge on any atom is 0.262 e. The normalized spacial score (nSPS) is 18.0. The lowest BCUT2D eigenvalue weighted by Gasteiger charge is -2.43. The Labute approximate surface area is 253 Å². The molecule has 1 N–H and O–H groups in total. The molecule has 0 bridgehead atoms. The zero-order valence-corrected chi connectivity index (χ0v) is 25.4. The highest BCUT2D eigenvalue weighted by Gasteiger charge is 2.42. The summed E-state index contributed by atoms with van der Waals surface area (Å²) in [5.74, 6) is -0.161. The van der Waals surface area contributed by atoms with Gasteiger partial charge in [0.2, 0.25) is 5.91 Å². The lowest BCUT2D eigenvalue weighted by Crippen LogP contribution is -2.57. The Morgan fingerprint density at radius 1 is 1.17 bits per heavy atom. The highest BCUT2D eigenvalue weighted by atomic mass is 35.5. The van der Waals surface area contributed by atoms with Crippen LogP contribution in [0.1, 0.15) is 43.5 Å². The number of aromatic hydroxyl groups is 1. The SMILES string of the molecule is C=CC(=O)N1CC2Cc3c(c4cc(Cl)c(-c5c(O)cccc5Cl)nc4n(-c4c(C)ccnc4C(C)C)c3=O)N2CC1C. The molecule has 216 valence electrons. The van der Waals surface area contributed by atoms with Gasteiger partial charge in [-0.15, -0.1) is 0 Å². The van der Waals surface area contributed by atoms with Gasteiger partial charge in [-0.25, -0.2) is 4.98 Å². The number of hydrogen-bond donors (Lipinski definition) is 1. The molecule has 1 fully saturated rings. The summed E-state index contributed by atoms with van der Waals surface area (Å²) in [6, 6.07) is 8.34. The lowest BCUT2D eigenvalue weighted by atomic mass is 10.0. The Kier molecular flexibility index (Phi) is 7.02. The summed E-state index contributed by atoms with van der Waals surface area (Å²) in [5, 5.41) is 12.1. The van der Waals surface area contributed by atoms with Crippen molar-refractivity contribution in [1.29, 1.82) is 0 Å². The van der Waals surface area contributed by atoms with Gasteiger partial charge < -0.3 is 14.9 Å². The molecule has 2 atom stereocenters. The molecule has 4 aromatic rings. The summed E-state index contributed by atoms with van der Waals surface area (Å²) >= 11 is 13.4. The predicted octanol–water partition coefficient (Wildman–Crippen LogP) is 6.04. The molecule has 6 rings (SSSR count). The second-order valence-electron chi connectivity index (χ2n) is 11.4. The maximum atomic E-state index is 14.6. The maximum absolute atomic E-state index is 14.6. The number of rotatable bonds is 4. The summed E-state index contributed by atoms with van der Waals surface area (Å²) in [5.41, 5.74) is 4.53. The molecular weight excluding hydrogens is 573 g/mol. The molecule has 5 heterocycles. The Balaban J connectivity index is 1.70. The molecule has 0 aliphatic carbocycles. The minimum atomic E-state index is -0.191. The first-order chi connectivity index (χ1) is 20.0. The average Bonchev–Trinajstić information content (AvgIpc) is 3.32. The number of halogens is 2. The molecule has 2 unspecified atom stereocenters. The fourth-order valence-electron chi connectivity index (χ4n) is 6.39. The second kappa shape index (κ2) is 10.4. The summed E-state index contributed by atoms with van der Waals surface area (Å²) in [4.78, 5) is 40.9. The first-order valence-electron chi connectivity index (χ1n) is 13.9. The van der Waals surface area contributed by atoms with Crippen LogP contribution in [0.15, 0.2) is 54.0 Å². The van der Waals surface area contributed by atoms with Crippen molar-refractivity contribution >= 4 is 45.8 Å². The number of piperazine rings is 1. The number of aryl methyl sites for hydroxylation is 1. The minimum absolute atomic E-state index is 0.0279. The van der Waals surface area contributed by atoms with Crippen molar-refractivity contribution in [2.24, 2.45) is 0 Å². The van der Waals surface area contributed by atoms with Crippen LogP contribution >= 0.6 is 23.2 Å². The number of anilines is 1. The van der Waals surface area contributed by atoms with Crippen LogP contribution in [0.5, 0.6) is 5.75 Å². The van der Waals surface area contributed by atoms with Gasteiger partial charge in [-0.2, -0.15) is 0 Å². The Hall–Kier alpha value is -3.88. The van der Waals surface area contributed by atoms with Crippen molar-refractivity contribution < 1.29 is 9.90 Å². The smallest absolute Gasteiger partial charge is 0.262 e. The Bertz CT molecular complexity index is 1830. The number of aromatic nitrogens is 3. The molecule has 10 heteroatoms. The molecule has 3 aromatic heterocycles. The van der Waals surface area contributed by atoms with E-state index in [1.165, 1.54) is 12.1 Å². The summed E-state index contributed by atoms with van der Waals surface area (Å²) in [6.45, 7) is 12.7. The van der Waals surface area contributed by atoms with Gasteiger partial charge in [0.05, 0.1) is 44.4 Å². The number of phenols is 1. The summed E-state index contributed by atoms with van der Waals surface area (Å²) in [6.07, 6.45) is 3.56. The number of pyridine rings is 3. The molecule has 0 radical (unpaired) electrons. The number of fused-ring (bicyclic) bond motifs is 5. The average molecular weight is 605 g/mol. The van der Waals surface area contributed by atoms with Crippen LogP contribution < -0.4 is 10.5 Å². The highest BCUT2D eigenvalue weighted by Crippen LogP contribution is 2.44. The number of hydrogen-bond acceptors (Lipinski definition) is 6. The van der Waals surface area contributed by atoms with Gasteiger partial charge in [0.25, 0.3) is 5.56 Å². The first kappa shape index (κ1) is 28.2. The first-order valence-corrected chi connectivity index (χ1v) is 14.7. The zero-order valence-electron chi connectivity index (χ0n) is 23.9. The Morgan fingerprint density at radius 3 is 2.62 bits per heavy atom. The van der Waals surface area contributed by atoms with Gasteiger partial charge in [-0.05, 0) is 55.7 Å². The fraction of sp³-hybridized carbons (Fsp3) is 0.312. The van der Waals surface area contributed by atoms with E-state index < -0.39 is 0 Å². The van der Waals surface area contributed by atoms with Gasteiger partial charge in [-0.1, -0.05) is 49.7 Å². The number of phenolic OH excluding ortho intramolecular Hbond substituents is 1. The van der Waals surface area contributed by atoms with E-state index in [0.717, 1.165) is 16.9 Å². The minimum Gasteiger partial charge on any atom is -0.507 e. The van der Waals surface area contributed by atoms with Crippen LogP contribution in [-0.2, 0) is 11.2 Å². The third kappa shape index (κ3) is 4.27. The largest absolute Gasteiger partial charge is 0.507 e. The van der Waals surface area contributed by atoms with Crippen molar-refractivity contribution in [2.45, 2.75) is 52.1 Å². The number of nitrogens with zero attached hydrogens (tertiary/aromatic N) is 5. The highest BCUT2D eigenvalue weighted by molar-refractivity contribution is 6.37.